The van der Waals surface area contributed by atoms with Crippen LogP contribution < -0.4 is 0 Å². The van der Waals surface area contributed by atoms with Crippen LogP contribution in [0.25, 0.3) is 11.8 Å². The number of hydrogen-bond donors (Lipinski definition) is 1. The Labute approximate surface area is 99.0 Å². The average molecular weight is 225 g/mol. The molecule has 2 aliphatic rings. The van der Waals surface area contributed by atoms with Crippen molar-refractivity contribution in [2.75, 3.05) is 0 Å². The Kier molecular flexibility index (Phi) is 2.11. The number of carboxylic acids is 1. The first-order chi connectivity index (χ1) is 8.25. The lowest BCUT2D eigenvalue weighted by Gasteiger charge is -2.28. The number of allylic oxidation sites excluding steroid dienone is 1. The molecular formula is C14H11NO2. The highest BCUT2D eigenvalue weighted by Crippen LogP contribution is 2.33. The summed E-state index contributed by atoms with van der Waals surface area (Å²) in [7, 11) is 0. The Balaban J connectivity index is 2.06. The molecule has 2 heterocycles. The Morgan fingerprint density at radius 2 is 2.12 bits per heavy atom. The maximum Gasteiger partial charge on any atom is 0.333 e. The van der Waals surface area contributed by atoms with Crippen molar-refractivity contribution in [3.05, 3.63) is 59.4 Å². The van der Waals surface area contributed by atoms with Crippen molar-refractivity contribution in [1.29, 1.82) is 0 Å². The Morgan fingerprint density at radius 3 is 2.94 bits per heavy atom. The lowest BCUT2D eigenvalue weighted by Crippen LogP contribution is -2.18. The van der Waals surface area contributed by atoms with E-state index in [2.05, 4.69) is 12.1 Å². The van der Waals surface area contributed by atoms with Crippen molar-refractivity contribution < 1.29 is 9.90 Å². The monoisotopic (exact) mass is 225 g/mol. The van der Waals surface area contributed by atoms with Crippen LogP contribution in [0.3, 0.4) is 0 Å². The first kappa shape index (κ1) is 9.90. The molecule has 0 radical (unpaired) electrons. The number of carboxylic acid groups (broad SMARTS) is 1. The van der Waals surface area contributed by atoms with Crippen molar-refractivity contribution >= 4 is 17.7 Å². The molecule has 0 saturated heterocycles. The fraction of sp³-hybridized carbons (Fsp3) is 0.0714. The van der Waals surface area contributed by atoms with E-state index in [1.54, 1.807) is 6.20 Å². The van der Waals surface area contributed by atoms with Crippen LogP contribution in [0.5, 0.6) is 0 Å². The predicted octanol–water partition coefficient (Wildman–Crippen LogP) is 2.69. The van der Waals surface area contributed by atoms with E-state index in [1.807, 2.05) is 35.4 Å². The summed E-state index contributed by atoms with van der Waals surface area (Å²) in [4.78, 5) is 12.8. The number of fused-ring (bicyclic) bond motifs is 3. The van der Waals surface area contributed by atoms with Crippen LogP contribution in [-0.2, 0) is 4.79 Å². The summed E-state index contributed by atoms with van der Waals surface area (Å²) in [6, 6.07) is 8.10. The normalized spacial score (nSPS) is 16.8. The lowest BCUT2D eigenvalue weighted by molar-refractivity contribution is -0.132. The quantitative estimate of drug-likeness (QED) is 0.798. The molecule has 3 rings (SSSR count). The van der Waals surface area contributed by atoms with Crippen LogP contribution in [-0.4, -0.2) is 16.0 Å². The van der Waals surface area contributed by atoms with Gasteiger partial charge in [-0.15, -0.1) is 0 Å². The number of rotatable bonds is 1. The van der Waals surface area contributed by atoms with Gasteiger partial charge in [-0.2, -0.15) is 0 Å². The third-order valence-electron chi connectivity index (χ3n) is 3.01. The van der Waals surface area contributed by atoms with E-state index in [1.165, 1.54) is 5.56 Å². The highest BCUT2D eigenvalue weighted by atomic mass is 16.4. The standard InChI is InChI=1S/C14H11NO2/c16-14(17)11-5-6-13-12-4-2-1-3-10(12)7-8-15(13)9-11/h1-4,6-9H,5H2,(H,16,17). The van der Waals surface area contributed by atoms with Gasteiger partial charge in [0.1, 0.15) is 0 Å². The zero-order valence-electron chi connectivity index (χ0n) is 9.13. The molecule has 0 amide bonds. The van der Waals surface area contributed by atoms with E-state index >= 15 is 0 Å². The van der Waals surface area contributed by atoms with Gasteiger partial charge in [0.05, 0.1) is 5.57 Å². The van der Waals surface area contributed by atoms with Crippen LogP contribution in [0.1, 0.15) is 17.5 Å². The van der Waals surface area contributed by atoms with Gasteiger partial charge in [0, 0.05) is 30.1 Å². The van der Waals surface area contributed by atoms with Crippen molar-refractivity contribution in [1.82, 2.24) is 4.90 Å². The molecule has 0 bridgehead atoms. The molecule has 0 unspecified atom stereocenters. The minimum Gasteiger partial charge on any atom is -0.478 e. The van der Waals surface area contributed by atoms with Crippen molar-refractivity contribution in [2.45, 2.75) is 6.42 Å². The zero-order valence-corrected chi connectivity index (χ0v) is 9.13. The van der Waals surface area contributed by atoms with Crippen molar-refractivity contribution in [3.63, 3.8) is 0 Å². The SMILES string of the molecule is O=C(O)C1=CN2C=Cc3ccccc3C2=CC1. The van der Waals surface area contributed by atoms with E-state index in [0.717, 1.165) is 11.3 Å². The minimum absolute atomic E-state index is 0.415. The van der Waals surface area contributed by atoms with Gasteiger partial charge < -0.3 is 10.0 Å². The first-order valence-electron chi connectivity index (χ1n) is 5.46. The van der Waals surface area contributed by atoms with Gasteiger partial charge >= 0.3 is 5.97 Å². The molecule has 0 atom stereocenters. The van der Waals surface area contributed by atoms with Crippen molar-refractivity contribution in [3.8, 4) is 0 Å². The van der Waals surface area contributed by atoms with Crippen LogP contribution in [0.2, 0.25) is 0 Å². The van der Waals surface area contributed by atoms with Gasteiger partial charge in [0.2, 0.25) is 0 Å². The van der Waals surface area contributed by atoms with E-state index in [9.17, 15) is 4.79 Å². The van der Waals surface area contributed by atoms with E-state index < -0.39 is 5.97 Å². The van der Waals surface area contributed by atoms with Gasteiger partial charge in [0.25, 0.3) is 0 Å². The van der Waals surface area contributed by atoms with E-state index in [4.69, 9.17) is 5.11 Å². The van der Waals surface area contributed by atoms with Crippen LogP contribution in [0, 0.1) is 0 Å². The van der Waals surface area contributed by atoms with E-state index in [0.29, 0.717) is 12.0 Å². The predicted molar refractivity (Wildman–Crippen MR) is 65.6 cm³/mol. The molecule has 0 fully saturated rings. The molecular weight excluding hydrogens is 214 g/mol. The largest absolute Gasteiger partial charge is 0.478 e. The van der Waals surface area contributed by atoms with Crippen LogP contribution >= 0.6 is 0 Å². The Bertz CT molecular complexity index is 582. The molecule has 0 aliphatic carbocycles. The zero-order chi connectivity index (χ0) is 11.8. The molecule has 17 heavy (non-hydrogen) atoms. The summed E-state index contributed by atoms with van der Waals surface area (Å²) in [6.07, 6.45) is 8.02. The van der Waals surface area contributed by atoms with Gasteiger partial charge in [-0.3, -0.25) is 0 Å². The minimum atomic E-state index is -0.854. The molecule has 1 aromatic carbocycles. The maximum absolute atomic E-state index is 10.9. The topological polar surface area (TPSA) is 40.5 Å². The Hall–Kier alpha value is -2.29. The fourth-order valence-electron chi connectivity index (χ4n) is 2.15. The molecule has 0 aromatic heterocycles. The molecule has 1 N–H and O–H groups in total. The van der Waals surface area contributed by atoms with Crippen molar-refractivity contribution in [2.24, 2.45) is 0 Å². The number of benzene rings is 1. The number of nitrogens with zero attached hydrogens (tertiary/aromatic N) is 1. The summed E-state index contributed by atoms with van der Waals surface area (Å²) >= 11 is 0. The molecule has 3 heteroatoms. The summed E-state index contributed by atoms with van der Waals surface area (Å²) in [5.41, 5.74) is 3.80. The van der Waals surface area contributed by atoms with Gasteiger partial charge in [-0.05, 0) is 11.6 Å². The maximum atomic E-state index is 10.9. The lowest BCUT2D eigenvalue weighted by atomic mass is 9.97. The third kappa shape index (κ3) is 1.56. The molecule has 0 spiro atoms. The summed E-state index contributed by atoms with van der Waals surface area (Å²) in [5.74, 6) is -0.854. The number of hydrogen-bond acceptors (Lipinski definition) is 2. The molecule has 84 valence electrons. The molecule has 2 aliphatic heterocycles. The van der Waals surface area contributed by atoms with Gasteiger partial charge in [-0.25, -0.2) is 4.79 Å². The first-order valence-corrected chi connectivity index (χ1v) is 5.46. The van der Waals surface area contributed by atoms with Gasteiger partial charge in [-0.1, -0.05) is 30.3 Å². The fourth-order valence-corrected chi connectivity index (χ4v) is 2.15. The third-order valence-corrected chi connectivity index (χ3v) is 3.01. The molecule has 3 nitrogen and oxygen atoms in total. The number of carbonyl (C=O) groups is 1. The highest BCUT2D eigenvalue weighted by Gasteiger charge is 2.20. The molecule has 0 saturated carbocycles. The van der Waals surface area contributed by atoms with Gasteiger partial charge in [0.15, 0.2) is 0 Å². The summed E-state index contributed by atoms with van der Waals surface area (Å²) in [5, 5.41) is 8.98. The average Bonchev–Trinajstić information content (AvgIpc) is 2.38. The summed E-state index contributed by atoms with van der Waals surface area (Å²) in [6.45, 7) is 0. The summed E-state index contributed by atoms with van der Waals surface area (Å²) < 4.78 is 0. The second-order valence-electron chi connectivity index (χ2n) is 4.06. The second-order valence-corrected chi connectivity index (χ2v) is 4.06. The van der Waals surface area contributed by atoms with Crippen LogP contribution in [0.4, 0.5) is 0 Å². The molecule has 1 aromatic rings. The Morgan fingerprint density at radius 1 is 1.29 bits per heavy atom. The second kappa shape index (κ2) is 3.63. The van der Waals surface area contributed by atoms with Crippen LogP contribution in [0.15, 0.2) is 48.3 Å². The number of aliphatic carboxylic acids is 1. The highest BCUT2D eigenvalue weighted by molar-refractivity contribution is 5.89. The van der Waals surface area contributed by atoms with E-state index in [-0.39, 0.29) is 0 Å². The smallest absolute Gasteiger partial charge is 0.333 e.